The van der Waals surface area contributed by atoms with Crippen molar-refractivity contribution < 1.29 is 9.59 Å². The topological polar surface area (TPSA) is 69.3 Å². The standard InChI is InChI=1S/C22H34N4O2/c1-15(2)6-10-22(21(28)25-12-8-16(3)9-13-25)14-17-4-5-19(22)26(17)20(27)18-7-11-23-24-18/h7,11,15-17,19H,4-6,8-10,12-14H2,1-3H3,(H,23,24)/t17-,19+,22+/m1/s1. The lowest BCUT2D eigenvalue weighted by atomic mass is 9.68. The number of fused-ring (bicyclic) bond motifs is 2. The number of aromatic amines is 1. The maximum atomic E-state index is 13.9. The van der Waals surface area contributed by atoms with Gasteiger partial charge in [0.25, 0.3) is 5.91 Å². The summed E-state index contributed by atoms with van der Waals surface area (Å²) >= 11 is 0. The van der Waals surface area contributed by atoms with E-state index in [1.807, 2.05) is 4.90 Å². The molecule has 3 saturated heterocycles. The molecule has 1 aromatic rings. The SMILES string of the molecule is CC(C)CC[C@]1(C(=O)N2CCC(C)CC2)C[C@H]2CC[C@@H]1N2C(=O)c1ccn[nH]1. The van der Waals surface area contributed by atoms with E-state index < -0.39 is 5.41 Å². The molecular weight excluding hydrogens is 352 g/mol. The molecule has 0 aromatic carbocycles. The van der Waals surface area contributed by atoms with Crippen LogP contribution >= 0.6 is 0 Å². The van der Waals surface area contributed by atoms with Crippen LogP contribution in [0.2, 0.25) is 0 Å². The van der Waals surface area contributed by atoms with Crippen LogP contribution in [0.3, 0.4) is 0 Å². The van der Waals surface area contributed by atoms with Crippen molar-refractivity contribution in [2.24, 2.45) is 17.3 Å². The van der Waals surface area contributed by atoms with Gasteiger partial charge in [0, 0.05) is 31.4 Å². The first-order valence-corrected chi connectivity index (χ1v) is 11.0. The Morgan fingerprint density at radius 2 is 2.00 bits per heavy atom. The van der Waals surface area contributed by atoms with Crippen LogP contribution in [0.1, 0.15) is 76.2 Å². The molecule has 0 saturated carbocycles. The molecule has 2 amide bonds. The third kappa shape index (κ3) is 3.25. The fourth-order valence-corrected chi connectivity index (χ4v) is 5.68. The number of carbonyl (C=O) groups excluding carboxylic acids is 2. The molecule has 4 rings (SSSR count). The van der Waals surface area contributed by atoms with Crippen molar-refractivity contribution in [1.82, 2.24) is 20.0 Å². The summed E-state index contributed by atoms with van der Waals surface area (Å²) in [4.78, 5) is 31.2. The number of hydrogen-bond acceptors (Lipinski definition) is 3. The molecule has 3 atom stereocenters. The number of H-pyrrole nitrogens is 1. The van der Waals surface area contributed by atoms with Crippen molar-refractivity contribution >= 4 is 11.8 Å². The summed E-state index contributed by atoms with van der Waals surface area (Å²) in [6, 6.07) is 1.95. The minimum atomic E-state index is -0.399. The van der Waals surface area contributed by atoms with Crippen LogP contribution in [0.5, 0.6) is 0 Å². The third-order valence-electron chi connectivity index (χ3n) is 7.37. The molecule has 3 fully saturated rings. The maximum absolute atomic E-state index is 13.9. The Kier molecular flexibility index (Phi) is 5.23. The highest BCUT2D eigenvalue weighted by Gasteiger charge is 2.61. The molecule has 0 radical (unpaired) electrons. The zero-order valence-corrected chi connectivity index (χ0v) is 17.5. The monoisotopic (exact) mass is 386 g/mol. The van der Waals surface area contributed by atoms with Crippen molar-refractivity contribution in [2.45, 2.75) is 77.8 Å². The number of amides is 2. The van der Waals surface area contributed by atoms with Gasteiger partial charge in [0.2, 0.25) is 5.91 Å². The molecule has 6 nitrogen and oxygen atoms in total. The lowest BCUT2D eigenvalue weighted by molar-refractivity contribution is -0.146. The lowest BCUT2D eigenvalue weighted by Crippen LogP contribution is -2.53. The molecule has 3 aliphatic heterocycles. The van der Waals surface area contributed by atoms with Gasteiger partial charge in [-0.3, -0.25) is 14.7 Å². The number of carbonyl (C=O) groups is 2. The molecule has 28 heavy (non-hydrogen) atoms. The first kappa shape index (κ1) is 19.5. The normalized spacial score (nSPS) is 30.4. The Hall–Kier alpha value is -1.85. The van der Waals surface area contributed by atoms with Gasteiger partial charge in [0.15, 0.2) is 0 Å². The van der Waals surface area contributed by atoms with Crippen LogP contribution in [0.15, 0.2) is 12.3 Å². The first-order chi connectivity index (χ1) is 13.4. The van der Waals surface area contributed by atoms with E-state index in [1.165, 1.54) is 0 Å². The predicted octanol–water partition coefficient (Wildman–Crippen LogP) is 3.47. The number of nitrogens with one attached hydrogen (secondary N) is 1. The third-order valence-corrected chi connectivity index (χ3v) is 7.37. The van der Waals surface area contributed by atoms with Gasteiger partial charge in [0.1, 0.15) is 5.69 Å². The molecule has 0 spiro atoms. The summed E-state index contributed by atoms with van der Waals surface area (Å²) in [5.74, 6) is 1.59. The Morgan fingerprint density at radius 1 is 1.25 bits per heavy atom. The largest absolute Gasteiger partial charge is 0.342 e. The zero-order valence-electron chi connectivity index (χ0n) is 17.5. The highest BCUT2D eigenvalue weighted by molar-refractivity contribution is 5.95. The van der Waals surface area contributed by atoms with Gasteiger partial charge in [0.05, 0.1) is 5.41 Å². The fraction of sp³-hybridized carbons (Fsp3) is 0.773. The number of piperidine rings is 1. The molecule has 6 heteroatoms. The molecule has 4 heterocycles. The van der Waals surface area contributed by atoms with Gasteiger partial charge >= 0.3 is 0 Å². The van der Waals surface area contributed by atoms with E-state index in [9.17, 15) is 9.59 Å². The summed E-state index contributed by atoms with van der Waals surface area (Å²) in [6.07, 6.45) is 8.52. The van der Waals surface area contributed by atoms with E-state index in [2.05, 4.69) is 35.9 Å². The summed E-state index contributed by atoms with van der Waals surface area (Å²) in [5, 5.41) is 6.77. The lowest BCUT2D eigenvalue weighted by Gasteiger charge is -2.42. The molecule has 1 N–H and O–H groups in total. The van der Waals surface area contributed by atoms with Gasteiger partial charge in [-0.15, -0.1) is 0 Å². The Bertz CT molecular complexity index is 708. The second-order valence-corrected chi connectivity index (χ2v) is 9.70. The van der Waals surface area contributed by atoms with E-state index in [0.717, 1.165) is 58.0 Å². The van der Waals surface area contributed by atoms with Crippen molar-refractivity contribution in [3.8, 4) is 0 Å². The number of rotatable bonds is 5. The Morgan fingerprint density at radius 3 is 2.64 bits per heavy atom. The van der Waals surface area contributed by atoms with E-state index in [1.54, 1.807) is 12.3 Å². The van der Waals surface area contributed by atoms with E-state index in [-0.39, 0.29) is 18.0 Å². The maximum Gasteiger partial charge on any atom is 0.272 e. The smallest absolute Gasteiger partial charge is 0.272 e. The summed E-state index contributed by atoms with van der Waals surface area (Å²) in [6.45, 7) is 8.46. The van der Waals surface area contributed by atoms with Crippen molar-refractivity contribution in [3.05, 3.63) is 18.0 Å². The van der Waals surface area contributed by atoms with Gasteiger partial charge in [-0.2, -0.15) is 5.10 Å². The van der Waals surface area contributed by atoms with Crippen molar-refractivity contribution in [2.75, 3.05) is 13.1 Å². The average Bonchev–Trinajstić information content (AvgIpc) is 3.41. The van der Waals surface area contributed by atoms with Gasteiger partial charge in [-0.05, 0) is 62.8 Å². The van der Waals surface area contributed by atoms with Gasteiger partial charge < -0.3 is 9.80 Å². The van der Waals surface area contributed by atoms with E-state index in [4.69, 9.17) is 0 Å². The van der Waals surface area contributed by atoms with Crippen LogP contribution in [0.25, 0.3) is 0 Å². The highest BCUT2D eigenvalue weighted by Crippen LogP contribution is 2.54. The molecular formula is C22H34N4O2. The minimum Gasteiger partial charge on any atom is -0.342 e. The minimum absolute atomic E-state index is 0.0106. The summed E-state index contributed by atoms with van der Waals surface area (Å²) in [7, 11) is 0. The molecule has 0 aliphatic carbocycles. The van der Waals surface area contributed by atoms with Gasteiger partial charge in [-0.25, -0.2) is 0 Å². The number of likely N-dealkylation sites (tertiary alicyclic amines) is 1. The second-order valence-electron chi connectivity index (χ2n) is 9.70. The van der Waals surface area contributed by atoms with E-state index in [0.29, 0.717) is 23.4 Å². The molecule has 0 unspecified atom stereocenters. The number of nitrogens with zero attached hydrogens (tertiary/aromatic N) is 3. The van der Waals surface area contributed by atoms with Crippen molar-refractivity contribution in [3.63, 3.8) is 0 Å². The summed E-state index contributed by atoms with van der Waals surface area (Å²) < 4.78 is 0. The van der Waals surface area contributed by atoms with Crippen LogP contribution in [-0.2, 0) is 4.79 Å². The Balaban J connectivity index is 1.61. The van der Waals surface area contributed by atoms with Crippen LogP contribution in [0.4, 0.5) is 0 Å². The van der Waals surface area contributed by atoms with E-state index >= 15 is 0 Å². The molecule has 2 bridgehead atoms. The number of hydrogen-bond donors (Lipinski definition) is 1. The quantitative estimate of drug-likeness (QED) is 0.842. The second kappa shape index (κ2) is 7.53. The highest BCUT2D eigenvalue weighted by atomic mass is 16.2. The molecule has 154 valence electrons. The first-order valence-electron chi connectivity index (χ1n) is 11.0. The fourth-order valence-electron chi connectivity index (χ4n) is 5.68. The van der Waals surface area contributed by atoms with Crippen LogP contribution in [0, 0.1) is 17.3 Å². The molecule has 1 aromatic heterocycles. The van der Waals surface area contributed by atoms with Crippen molar-refractivity contribution in [1.29, 1.82) is 0 Å². The predicted molar refractivity (Wildman–Crippen MR) is 108 cm³/mol. The van der Waals surface area contributed by atoms with Crippen LogP contribution < -0.4 is 0 Å². The Labute approximate surface area is 168 Å². The zero-order chi connectivity index (χ0) is 19.9. The van der Waals surface area contributed by atoms with Gasteiger partial charge in [-0.1, -0.05) is 20.8 Å². The average molecular weight is 387 g/mol. The number of aromatic nitrogens is 2. The summed E-state index contributed by atoms with van der Waals surface area (Å²) in [5.41, 5.74) is 0.138. The molecule has 3 aliphatic rings. The van der Waals surface area contributed by atoms with Crippen LogP contribution in [-0.4, -0.2) is 57.0 Å².